The molecule has 0 saturated carbocycles. The first-order valence-electron chi connectivity index (χ1n) is 21.9. The summed E-state index contributed by atoms with van der Waals surface area (Å²) in [6.45, 7) is 0. The summed E-state index contributed by atoms with van der Waals surface area (Å²) in [6, 6.07) is 96.4. The standard InChI is InChI=1S/C62H44N2/c1-6-21-45(22-7-1)47-25-18-27-49(43-47)60-56-35-16-17-36-57(56)61(50-28-19-26-48(44-50)46-23-8-2-9-24-46)62-58(60)37-20-38-59(62)64(53-33-14-5-15-34-53)55-41-39-54(40-42-55)63(51-29-10-3-11-30-51)52-31-12-4-13-32-52/h1-44H. The Morgan fingerprint density at radius 1 is 0.203 bits per heavy atom. The Labute approximate surface area is 375 Å². The van der Waals surface area contributed by atoms with Gasteiger partial charge in [0.2, 0.25) is 0 Å². The Bertz CT molecular complexity index is 3310. The third-order valence-electron chi connectivity index (χ3n) is 12.2. The van der Waals surface area contributed by atoms with Gasteiger partial charge in [-0.05, 0) is 140 Å². The Kier molecular flexibility index (Phi) is 10.3. The highest BCUT2D eigenvalue weighted by molar-refractivity contribution is 6.25. The van der Waals surface area contributed by atoms with Gasteiger partial charge >= 0.3 is 0 Å². The molecule has 0 bridgehead atoms. The number of para-hydroxylation sites is 3. The zero-order valence-corrected chi connectivity index (χ0v) is 35.3. The summed E-state index contributed by atoms with van der Waals surface area (Å²) in [6.07, 6.45) is 0. The molecule has 0 spiro atoms. The van der Waals surface area contributed by atoms with E-state index in [1.807, 2.05) is 0 Å². The third-order valence-corrected chi connectivity index (χ3v) is 12.2. The van der Waals surface area contributed by atoms with Gasteiger partial charge in [0, 0.05) is 33.8 Å². The van der Waals surface area contributed by atoms with Crippen LogP contribution in [0.15, 0.2) is 267 Å². The van der Waals surface area contributed by atoms with E-state index in [0.717, 1.165) is 34.1 Å². The molecule has 0 fully saturated rings. The van der Waals surface area contributed by atoms with E-state index in [4.69, 9.17) is 0 Å². The van der Waals surface area contributed by atoms with Gasteiger partial charge in [-0.25, -0.2) is 0 Å². The van der Waals surface area contributed by atoms with E-state index in [9.17, 15) is 0 Å². The molecule has 0 aliphatic rings. The molecule has 0 atom stereocenters. The molecule has 0 saturated heterocycles. The fraction of sp³-hybridized carbons (Fsp3) is 0. The van der Waals surface area contributed by atoms with Crippen LogP contribution < -0.4 is 9.80 Å². The van der Waals surface area contributed by atoms with E-state index in [0.29, 0.717) is 0 Å². The summed E-state index contributed by atoms with van der Waals surface area (Å²) in [7, 11) is 0. The first kappa shape index (κ1) is 38.5. The average Bonchev–Trinajstić information content (AvgIpc) is 3.38. The first-order valence-corrected chi connectivity index (χ1v) is 21.9. The van der Waals surface area contributed by atoms with Gasteiger partial charge in [0.1, 0.15) is 0 Å². The second kappa shape index (κ2) is 17.1. The van der Waals surface area contributed by atoms with Crippen LogP contribution in [-0.2, 0) is 0 Å². The van der Waals surface area contributed by atoms with E-state index in [1.54, 1.807) is 0 Å². The molecule has 2 heteroatoms. The molecule has 64 heavy (non-hydrogen) atoms. The quantitative estimate of drug-likeness (QED) is 0.127. The highest BCUT2D eigenvalue weighted by Gasteiger charge is 2.24. The summed E-state index contributed by atoms with van der Waals surface area (Å²) >= 11 is 0. The Morgan fingerprint density at radius 2 is 0.531 bits per heavy atom. The van der Waals surface area contributed by atoms with Crippen molar-refractivity contribution < 1.29 is 0 Å². The number of hydrogen-bond acceptors (Lipinski definition) is 2. The normalized spacial score (nSPS) is 11.1. The lowest BCUT2D eigenvalue weighted by Gasteiger charge is -2.30. The Hall–Kier alpha value is -8.46. The van der Waals surface area contributed by atoms with Gasteiger partial charge in [-0.3, -0.25) is 0 Å². The van der Waals surface area contributed by atoms with E-state index in [2.05, 4.69) is 277 Å². The van der Waals surface area contributed by atoms with Crippen LogP contribution in [0.25, 0.3) is 66.1 Å². The van der Waals surface area contributed by atoms with E-state index in [1.165, 1.54) is 66.1 Å². The van der Waals surface area contributed by atoms with Crippen molar-refractivity contribution in [2.45, 2.75) is 0 Å². The molecule has 0 aromatic heterocycles. The second-order valence-corrected chi connectivity index (χ2v) is 16.1. The Balaban J connectivity index is 1.19. The van der Waals surface area contributed by atoms with Crippen LogP contribution in [0.2, 0.25) is 0 Å². The number of hydrogen-bond donors (Lipinski definition) is 0. The van der Waals surface area contributed by atoms with Gasteiger partial charge in [-0.15, -0.1) is 0 Å². The minimum Gasteiger partial charge on any atom is -0.311 e. The van der Waals surface area contributed by atoms with E-state index < -0.39 is 0 Å². The molecule has 0 aliphatic heterocycles. The molecule has 0 unspecified atom stereocenters. The SMILES string of the molecule is c1ccc(-c2cccc(-c3c4ccccc4c(-c4cccc(-c5ccccc5)c4)c4c(N(c5ccccc5)c5ccc(N(c6ccccc6)c6ccccc6)cc5)cccc34)c2)cc1. The number of anilines is 6. The van der Waals surface area contributed by atoms with Crippen molar-refractivity contribution in [2.75, 3.05) is 9.80 Å². The van der Waals surface area contributed by atoms with Crippen LogP contribution in [0.1, 0.15) is 0 Å². The zero-order valence-electron chi connectivity index (χ0n) is 35.3. The van der Waals surface area contributed by atoms with Crippen LogP contribution in [-0.4, -0.2) is 0 Å². The molecule has 2 nitrogen and oxygen atoms in total. The van der Waals surface area contributed by atoms with Crippen LogP contribution >= 0.6 is 0 Å². The van der Waals surface area contributed by atoms with Crippen LogP contribution in [0.4, 0.5) is 34.1 Å². The van der Waals surface area contributed by atoms with Crippen molar-refractivity contribution in [3.8, 4) is 44.5 Å². The average molecular weight is 817 g/mol. The number of benzene rings is 11. The zero-order chi connectivity index (χ0) is 42.7. The van der Waals surface area contributed by atoms with Gasteiger partial charge in [0.05, 0.1) is 5.69 Å². The molecule has 11 aromatic carbocycles. The van der Waals surface area contributed by atoms with E-state index >= 15 is 0 Å². The maximum absolute atomic E-state index is 2.44. The van der Waals surface area contributed by atoms with Gasteiger partial charge in [-0.1, -0.05) is 188 Å². The fourth-order valence-corrected chi connectivity index (χ4v) is 9.33. The molecular weight excluding hydrogens is 773 g/mol. The third kappa shape index (κ3) is 7.27. The highest BCUT2D eigenvalue weighted by Crippen LogP contribution is 2.50. The number of nitrogens with zero attached hydrogens (tertiary/aromatic N) is 2. The smallest absolute Gasteiger partial charge is 0.0546 e. The lowest BCUT2D eigenvalue weighted by Crippen LogP contribution is -2.12. The number of rotatable bonds is 10. The monoisotopic (exact) mass is 816 g/mol. The molecule has 0 amide bonds. The predicted octanol–water partition coefficient (Wildman–Crippen LogP) is 17.6. The van der Waals surface area contributed by atoms with Crippen molar-refractivity contribution in [1.82, 2.24) is 0 Å². The van der Waals surface area contributed by atoms with Crippen molar-refractivity contribution in [3.05, 3.63) is 267 Å². The number of fused-ring (bicyclic) bond motifs is 2. The molecule has 0 N–H and O–H groups in total. The van der Waals surface area contributed by atoms with Crippen molar-refractivity contribution in [3.63, 3.8) is 0 Å². The van der Waals surface area contributed by atoms with Crippen molar-refractivity contribution in [1.29, 1.82) is 0 Å². The van der Waals surface area contributed by atoms with Gasteiger partial charge in [0.15, 0.2) is 0 Å². The maximum atomic E-state index is 2.44. The van der Waals surface area contributed by atoms with Crippen LogP contribution in [0, 0.1) is 0 Å². The highest BCUT2D eigenvalue weighted by atomic mass is 15.2. The van der Waals surface area contributed by atoms with E-state index in [-0.39, 0.29) is 0 Å². The molecule has 11 rings (SSSR count). The predicted molar refractivity (Wildman–Crippen MR) is 273 cm³/mol. The minimum absolute atomic E-state index is 1.06. The van der Waals surface area contributed by atoms with Gasteiger partial charge in [0.25, 0.3) is 0 Å². The molecular formula is C62H44N2. The van der Waals surface area contributed by atoms with Crippen LogP contribution in [0.5, 0.6) is 0 Å². The lowest BCUT2D eigenvalue weighted by molar-refractivity contribution is 1.26. The minimum atomic E-state index is 1.06. The van der Waals surface area contributed by atoms with Crippen molar-refractivity contribution >= 4 is 55.7 Å². The molecule has 11 aromatic rings. The van der Waals surface area contributed by atoms with Crippen LogP contribution in [0.3, 0.4) is 0 Å². The fourth-order valence-electron chi connectivity index (χ4n) is 9.33. The first-order chi connectivity index (χ1) is 31.8. The molecule has 302 valence electrons. The Morgan fingerprint density at radius 3 is 1.03 bits per heavy atom. The summed E-state index contributed by atoms with van der Waals surface area (Å²) in [5.41, 5.74) is 16.1. The van der Waals surface area contributed by atoms with Gasteiger partial charge in [-0.2, -0.15) is 0 Å². The second-order valence-electron chi connectivity index (χ2n) is 16.1. The largest absolute Gasteiger partial charge is 0.311 e. The van der Waals surface area contributed by atoms with Gasteiger partial charge < -0.3 is 9.80 Å². The molecule has 0 aliphatic carbocycles. The summed E-state index contributed by atoms with van der Waals surface area (Å²) < 4.78 is 0. The topological polar surface area (TPSA) is 6.48 Å². The van der Waals surface area contributed by atoms with Crippen molar-refractivity contribution in [2.24, 2.45) is 0 Å². The lowest BCUT2D eigenvalue weighted by atomic mass is 9.84. The molecule has 0 radical (unpaired) electrons. The summed E-state index contributed by atoms with van der Waals surface area (Å²) in [5, 5.41) is 4.81. The molecule has 0 heterocycles. The summed E-state index contributed by atoms with van der Waals surface area (Å²) in [5.74, 6) is 0. The maximum Gasteiger partial charge on any atom is 0.0546 e. The summed E-state index contributed by atoms with van der Waals surface area (Å²) in [4.78, 5) is 4.75.